The summed E-state index contributed by atoms with van der Waals surface area (Å²) in [5.41, 5.74) is 1.35. The van der Waals surface area contributed by atoms with Gasteiger partial charge in [0.25, 0.3) is 5.56 Å². The molecular weight excluding hydrogens is 426 g/mol. The summed E-state index contributed by atoms with van der Waals surface area (Å²) in [7, 11) is -3.09. The van der Waals surface area contributed by atoms with Crippen molar-refractivity contribution < 1.29 is 8.42 Å². The third-order valence-corrected chi connectivity index (χ3v) is 9.98. The first-order valence-electron chi connectivity index (χ1n) is 11.9. The number of rotatable bonds is 4. The lowest BCUT2D eigenvalue weighted by Crippen LogP contribution is -2.52. The molecule has 9 heteroatoms. The Kier molecular flexibility index (Phi) is 4.50. The Bertz CT molecular complexity index is 1220. The molecule has 0 unspecified atom stereocenters. The van der Waals surface area contributed by atoms with Crippen LogP contribution in [0.3, 0.4) is 0 Å². The fourth-order valence-electron chi connectivity index (χ4n) is 6.65. The van der Waals surface area contributed by atoms with E-state index in [0.29, 0.717) is 30.5 Å². The van der Waals surface area contributed by atoms with Gasteiger partial charge in [0.1, 0.15) is 5.65 Å². The zero-order chi connectivity index (χ0) is 22.1. The number of sulfonamides is 1. The van der Waals surface area contributed by atoms with Crippen LogP contribution < -0.4 is 10.9 Å². The molecule has 4 aliphatic rings. The van der Waals surface area contributed by atoms with E-state index in [9.17, 15) is 13.2 Å². The highest BCUT2D eigenvalue weighted by molar-refractivity contribution is 7.88. The van der Waals surface area contributed by atoms with Crippen LogP contribution in [-0.2, 0) is 10.0 Å². The summed E-state index contributed by atoms with van der Waals surface area (Å²) in [5, 5.41) is 4.40. The summed E-state index contributed by atoms with van der Waals surface area (Å²) in [4.78, 5) is 22.2. The number of anilines is 1. The topological polar surface area (TPSA) is 97.2 Å². The first-order valence-corrected chi connectivity index (χ1v) is 13.7. The highest BCUT2D eigenvalue weighted by Gasteiger charge is 2.53. The Morgan fingerprint density at radius 2 is 1.84 bits per heavy atom. The zero-order valence-corrected chi connectivity index (χ0v) is 19.4. The predicted molar refractivity (Wildman–Crippen MR) is 123 cm³/mol. The van der Waals surface area contributed by atoms with Crippen LogP contribution in [-0.4, -0.2) is 52.6 Å². The van der Waals surface area contributed by atoms with Crippen LogP contribution in [0.1, 0.15) is 63.8 Å². The maximum absolute atomic E-state index is 12.9. The molecule has 0 aromatic carbocycles. The van der Waals surface area contributed by atoms with Gasteiger partial charge in [0.15, 0.2) is 0 Å². The minimum atomic E-state index is -3.09. The summed E-state index contributed by atoms with van der Waals surface area (Å²) in [6.07, 6.45) is 12.9. The van der Waals surface area contributed by atoms with Gasteiger partial charge in [0, 0.05) is 42.8 Å². The summed E-state index contributed by atoms with van der Waals surface area (Å²) >= 11 is 0. The fourth-order valence-corrected chi connectivity index (χ4v) is 7.49. The van der Waals surface area contributed by atoms with Gasteiger partial charge in [-0.3, -0.25) is 9.36 Å². The SMILES string of the molecule is CS(=O)(=O)N1CCC2(CC1)CC(Nc1ncc3ccc(=O)n([C@H]4CCCC45CC5)c3n1)C2. The molecule has 32 heavy (non-hydrogen) atoms. The largest absolute Gasteiger partial charge is 0.351 e. The molecule has 1 saturated heterocycles. The Balaban J connectivity index is 1.19. The summed E-state index contributed by atoms with van der Waals surface area (Å²) in [6, 6.07) is 4.04. The van der Waals surface area contributed by atoms with E-state index in [2.05, 4.69) is 10.3 Å². The number of hydrogen-bond acceptors (Lipinski definition) is 6. The van der Waals surface area contributed by atoms with Crippen LogP contribution in [0.4, 0.5) is 5.95 Å². The molecule has 0 bridgehead atoms. The Morgan fingerprint density at radius 1 is 1.09 bits per heavy atom. The van der Waals surface area contributed by atoms with Crippen molar-refractivity contribution in [3.05, 3.63) is 28.7 Å². The van der Waals surface area contributed by atoms with Gasteiger partial charge in [-0.05, 0) is 68.3 Å². The number of piperidine rings is 1. The van der Waals surface area contributed by atoms with Crippen LogP contribution in [0.5, 0.6) is 0 Å². The van der Waals surface area contributed by atoms with Crippen LogP contribution in [0.2, 0.25) is 0 Å². The molecule has 4 fully saturated rings. The molecule has 2 aromatic rings. The van der Waals surface area contributed by atoms with Crippen molar-refractivity contribution >= 4 is 27.0 Å². The highest BCUT2D eigenvalue weighted by Crippen LogP contribution is 2.63. The van der Waals surface area contributed by atoms with Crippen LogP contribution in [0.25, 0.3) is 11.0 Å². The quantitative estimate of drug-likeness (QED) is 0.758. The van der Waals surface area contributed by atoms with E-state index in [4.69, 9.17) is 4.98 Å². The third-order valence-electron chi connectivity index (χ3n) is 8.67. The molecule has 3 heterocycles. The second-order valence-electron chi connectivity index (χ2n) is 10.7. The molecule has 172 valence electrons. The minimum Gasteiger partial charge on any atom is -0.351 e. The second-order valence-corrected chi connectivity index (χ2v) is 12.7. The Morgan fingerprint density at radius 3 is 2.53 bits per heavy atom. The summed E-state index contributed by atoms with van der Waals surface area (Å²) < 4.78 is 27.1. The van der Waals surface area contributed by atoms with E-state index in [-0.39, 0.29) is 17.0 Å². The van der Waals surface area contributed by atoms with Gasteiger partial charge >= 0.3 is 0 Å². The van der Waals surface area contributed by atoms with Crippen molar-refractivity contribution in [2.24, 2.45) is 10.8 Å². The van der Waals surface area contributed by atoms with Gasteiger partial charge in [0.2, 0.25) is 16.0 Å². The minimum absolute atomic E-state index is 0.0422. The van der Waals surface area contributed by atoms with Gasteiger partial charge in [-0.2, -0.15) is 4.98 Å². The maximum atomic E-state index is 12.9. The molecule has 1 atom stereocenters. The highest BCUT2D eigenvalue weighted by atomic mass is 32.2. The molecule has 1 N–H and O–H groups in total. The standard InChI is InChI=1S/C23H31N5O3S/c1-32(30,31)27-11-9-22(10-12-27)13-17(14-22)25-21-24-15-16-4-5-19(29)28(20(16)26-21)18-3-2-6-23(18)7-8-23/h4-5,15,17-18H,2-3,6-14H2,1H3,(H,24,25,26)/t18-/m0/s1. The van der Waals surface area contributed by atoms with E-state index >= 15 is 0 Å². The first kappa shape index (κ1) is 20.6. The molecule has 2 aromatic heterocycles. The fraction of sp³-hybridized carbons (Fsp3) is 0.696. The average Bonchev–Trinajstić information content (AvgIpc) is 3.39. The number of fused-ring (bicyclic) bond motifs is 1. The van der Waals surface area contributed by atoms with E-state index in [1.165, 1.54) is 31.9 Å². The van der Waals surface area contributed by atoms with Crippen molar-refractivity contribution in [3.63, 3.8) is 0 Å². The van der Waals surface area contributed by atoms with Gasteiger partial charge < -0.3 is 5.32 Å². The van der Waals surface area contributed by atoms with Gasteiger partial charge in [-0.25, -0.2) is 17.7 Å². The van der Waals surface area contributed by atoms with E-state index < -0.39 is 10.0 Å². The lowest BCUT2D eigenvalue weighted by molar-refractivity contribution is 0.0486. The van der Waals surface area contributed by atoms with E-state index in [1.807, 2.05) is 16.8 Å². The van der Waals surface area contributed by atoms with Crippen molar-refractivity contribution in [2.75, 3.05) is 24.7 Å². The molecule has 6 rings (SSSR count). The lowest BCUT2D eigenvalue weighted by Gasteiger charge is -2.51. The van der Waals surface area contributed by atoms with Gasteiger partial charge in [-0.1, -0.05) is 6.42 Å². The monoisotopic (exact) mass is 457 g/mol. The molecule has 8 nitrogen and oxygen atoms in total. The lowest BCUT2D eigenvalue weighted by atomic mass is 9.60. The average molecular weight is 458 g/mol. The number of nitrogens with one attached hydrogen (secondary N) is 1. The van der Waals surface area contributed by atoms with E-state index in [0.717, 1.165) is 43.1 Å². The summed E-state index contributed by atoms with van der Waals surface area (Å²) in [6.45, 7) is 1.24. The maximum Gasteiger partial charge on any atom is 0.252 e. The van der Waals surface area contributed by atoms with Crippen LogP contribution in [0, 0.1) is 10.8 Å². The number of pyridine rings is 1. The Labute approximate surface area is 188 Å². The second kappa shape index (κ2) is 7.00. The van der Waals surface area contributed by atoms with Crippen molar-refractivity contribution in [1.29, 1.82) is 0 Å². The van der Waals surface area contributed by atoms with Crippen LogP contribution >= 0.6 is 0 Å². The van der Waals surface area contributed by atoms with Gasteiger partial charge in [-0.15, -0.1) is 0 Å². The Hall–Kier alpha value is -2.00. The van der Waals surface area contributed by atoms with E-state index in [1.54, 1.807) is 10.4 Å². The third kappa shape index (κ3) is 3.36. The van der Waals surface area contributed by atoms with Gasteiger partial charge in [0.05, 0.1) is 6.26 Å². The zero-order valence-electron chi connectivity index (χ0n) is 18.6. The molecule has 0 radical (unpaired) electrons. The molecule has 3 aliphatic carbocycles. The molecule has 2 spiro atoms. The predicted octanol–water partition coefficient (Wildman–Crippen LogP) is 2.91. The molecular formula is C23H31N5O3S. The molecule has 0 amide bonds. The van der Waals surface area contributed by atoms with Crippen molar-refractivity contribution in [1.82, 2.24) is 18.8 Å². The first-order chi connectivity index (χ1) is 15.3. The summed E-state index contributed by atoms with van der Waals surface area (Å²) in [5.74, 6) is 0.591. The van der Waals surface area contributed by atoms with Crippen molar-refractivity contribution in [3.8, 4) is 0 Å². The van der Waals surface area contributed by atoms with Crippen molar-refractivity contribution in [2.45, 2.75) is 69.9 Å². The molecule has 1 aliphatic heterocycles. The number of aromatic nitrogens is 3. The number of hydrogen-bond donors (Lipinski definition) is 1. The van der Waals surface area contributed by atoms with Crippen LogP contribution in [0.15, 0.2) is 23.1 Å². The smallest absolute Gasteiger partial charge is 0.252 e. The molecule has 3 saturated carbocycles. The normalized spacial score (nSPS) is 27.1. The number of nitrogens with zero attached hydrogens (tertiary/aromatic N) is 4.